The molecule has 0 radical (unpaired) electrons. The minimum absolute atomic E-state index is 0.0239. The van der Waals surface area contributed by atoms with Crippen LogP contribution in [0.2, 0.25) is 5.02 Å². The van der Waals surface area contributed by atoms with E-state index >= 15 is 0 Å². The number of ether oxygens (including phenoxy) is 2. The lowest BCUT2D eigenvalue weighted by atomic mass is 10.1. The Morgan fingerprint density at radius 1 is 1.10 bits per heavy atom. The van der Waals surface area contributed by atoms with Crippen molar-refractivity contribution in [3.05, 3.63) is 56.8 Å². The summed E-state index contributed by atoms with van der Waals surface area (Å²) in [6, 6.07) is 8.53. The highest BCUT2D eigenvalue weighted by Crippen LogP contribution is 2.37. The van der Waals surface area contributed by atoms with Gasteiger partial charge in [0, 0.05) is 12.1 Å². The van der Waals surface area contributed by atoms with Gasteiger partial charge in [-0.2, -0.15) is 0 Å². The molecule has 2 aromatic carbocycles. The quantitative estimate of drug-likeness (QED) is 0.302. The van der Waals surface area contributed by atoms with E-state index in [-0.39, 0.29) is 12.4 Å². The van der Waals surface area contributed by atoms with Gasteiger partial charge in [0.2, 0.25) is 0 Å². The molecule has 0 aliphatic carbocycles. The molecule has 0 atom stereocenters. The molecule has 0 amide bonds. The van der Waals surface area contributed by atoms with Crippen LogP contribution in [0.1, 0.15) is 56.6 Å². The summed E-state index contributed by atoms with van der Waals surface area (Å²) in [6.07, 6.45) is 7.71. The molecule has 29 heavy (non-hydrogen) atoms. The van der Waals surface area contributed by atoms with Crippen molar-refractivity contribution in [2.45, 2.75) is 58.6 Å². The van der Waals surface area contributed by atoms with Gasteiger partial charge in [-0.3, -0.25) is 0 Å². The molecule has 0 saturated heterocycles. The Balaban J connectivity index is 1.90. The molecule has 160 valence electrons. The van der Waals surface area contributed by atoms with Crippen molar-refractivity contribution in [3.63, 3.8) is 0 Å². The van der Waals surface area contributed by atoms with E-state index in [0.717, 1.165) is 23.1 Å². The van der Waals surface area contributed by atoms with Crippen LogP contribution < -0.4 is 14.8 Å². The molecular formula is C23H30BrClFNO2. The number of hydrogen-bond donors (Lipinski definition) is 1. The Hall–Kier alpha value is -1.30. The van der Waals surface area contributed by atoms with E-state index in [9.17, 15) is 4.39 Å². The zero-order valence-corrected chi connectivity index (χ0v) is 19.5. The van der Waals surface area contributed by atoms with Gasteiger partial charge in [-0.1, -0.05) is 56.7 Å². The number of methoxy groups -OCH3 is 1. The van der Waals surface area contributed by atoms with Crippen LogP contribution in [0.15, 0.2) is 34.8 Å². The second kappa shape index (κ2) is 13.1. The van der Waals surface area contributed by atoms with Crippen LogP contribution in [0.4, 0.5) is 4.39 Å². The van der Waals surface area contributed by atoms with Gasteiger partial charge in [-0.05, 0) is 58.7 Å². The molecule has 6 heteroatoms. The number of hydrogen-bond acceptors (Lipinski definition) is 3. The summed E-state index contributed by atoms with van der Waals surface area (Å²) < 4.78 is 26.1. The third-order valence-electron chi connectivity index (χ3n) is 4.75. The molecule has 0 spiro atoms. The number of rotatable bonds is 13. The number of benzene rings is 2. The normalized spacial score (nSPS) is 10.9. The van der Waals surface area contributed by atoms with Gasteiger partial charge < -0.3 is 14.8 Å². The number of halogens is 3. The molecule has 2 rings (SSSR count). The Kier molecular flexibility index (Phi) is 10.8. The van der Waals surface area contributed by atoms with E-state index in [0.29, 0.717) is 22.1 Å². The molecule has 0 aliphatic rings. The SMILES string of the molecule is CCCCCCCCNCc1cc(Br)c(OCc2c(F)cccc2Cl)c(OC)c1. The molecular weight excluding hydrogens is 457 g/mol. The fraction of sp³-hybridized carbons (Fsp3) is 0.478. The summed E-state index contributed by atoms with van der Waals surface area (Å²) in [5.74, 6) is 0.748. The summed E-state index contributed by atoms with van der Waals surface area (Å²) in [4.78, 5) is 0. The highest BCUT2D eigenvalue weighted by molar-refractivity contribution is 9.10. The lowest BCUT2D eigenvalue weighted by Gasteiger charge is -2.15. The molecule has 2 aromatic rings. The van der Waals surface area contributed by atoms with E-state index in [4.69, 9.17) is 21.1 Å². The summed E-state index contributed by atoms with van der Waals surface area (Å²) in [6.45, 7) is 4.01. The van der Waals surface area contributed by atoms with Crippen molar-refractivity contribution < 1.29 is 13.9 Å². The summed E-state index contributed by atoms with van der Waals surface area (Å²) >= 11 is 9.63. The highest BCUT2D eigenvalue weighted by atomic mass is 79.9. The van der Waals surface area contributed by atoms with Crippen LogP contribution in [-0.2, 0) is 13.2 Å². The molecule has 0 unspecified atom stereocenters. The van der Waals surface area contributed by atoms with Gasteiger partial charge in [0.1, 0.15) is 12.4 Å². The first-order valence-electron chi connectivity index (χ1n) is 10.2. The minimum atomic E-state index is -0.386. The third kappa shape index (κ3) is 7.80. The lowest BCUT2D eigenvalue weighted by molar-refractivity contribution is 0.277. The van der Waals surface area contributed by atoms with Crippen molar-refractivity contribution in [1.29, 1.82) is 0 Å². The van der Waals surface area contributed by atoms with Crippen LogP contribution >= 0.6 is 27.5 Å². The van der Waals surface area contributed by atoms with Crippen molar-refractivity contribution in [2.24, 2.45) is 0 Å². The van der Waals surface area contributed by atoms with E-state index in [1.54, 1.807) is 19.2 Å². The standard InChI is InChI=1S/C23H30BrClFNO2/c1-3-4-5-6-7-8-12-27-15-17-13-19(24)23(22(14-17)28-2)29-16-18-20(25)10-9-11-21(18)26/h9-11,13-14,27H,3-8,12,15-16H2,1-2H3. The van der Waals surface area contributed by atoms with Crippen LogP contribution in [0.25, 0.3) is 0 Å². The topological polar surface area (TPSA) is 30.5 Å². The molecule has 0 bridgehead atoms. The average Bonchev–Trinajstić information content (AvgIpc) is 2.70. The number of nitrogens with one attached hydrogen (secondary N) is 1. The van der Waals surface area contributed by atoms with Gasteiger partial charge in [0.25, 0.3) is 0 Å². The Labute approximate surface area is 187 Å². The summed E-state index contributed by atoms with van der Waals surface area (Å²) in [5.41, 5.74) is 1.42. The average molecular weight is 487 g/mol. The fourth-order valence-corrected chi connectivity index (χ4v) is 3.91. The third-order valence-corrected chi connectivity index (χ3v) is 5.69. The molecule has 0 aliphatic heterocycles. The smallest absolute Gasteiger partial charge is 0.175 e. The monoisotopic (exact) mass is 485 g/mol. The molecule has 0 fully saturated rings. The van der Waals surface area contributed by atoms with E-state index in [1.807, 2.05) is 12.1 Å². The highest BCUT2D eigenvalue weighted by Gasteiger charge is 2.14. The second-order valence-corrected chi connectivity index (χ2v) is 8.30. The molecule has 0 saturated carbocycles. The first kappa shape index (κ1) is 24.0. The molecule has 0 heterocycles. The summed E-state index contributed by atoms with van der Waals surface area (Å²) in [7, 11) is 1.60. The Morgan fingerprint density at radius 2 is 1.86 bits per heavy atom. The lowest BCUT2D eigenvalue weighted by Crippen LogP contribution is -2.15. The van der Waals surface area contributed by atoms with Crippen LogP contribution in [0, 0.1) is 5.82 Å². The van der Waals surface area contributed by atoms with E-state index in [1.165, 1.54) is 44.6 Å². The van der Waals surface area contributed by atoms with E-state index < -0.39 is 0 Å². The van der Waals surface area contributed by atoms with Crippen LogP contribution in [0.3, 0.4) is 0 Å². The maximum Gasteiger partial charge on any atom is 0.175 e. The predicted molar refractivity (Wildman–Crippen MR) is 122 cm³/mol. The predicted octanol–water partition coefficient (Wildman–Crippen LogP) is 7.28. The van der Waals surface area contributed by atoms with Crippen molar-refractivity contribution in [2.75, 3.05) is 13.7 Å². The van der Waals surface area contributed by atoms with Crippen molar-refractivity contribution >= 4 is 27.5 Å². The van der Waals surface area contributed by atoms with Crippen LogP contribution in [-0.4, -0.2) is 13.7 Å². The first-order chi connectivity index (χ1) is 14.1. The minimum Gasteiger partial charge on any atom is -0.493 e. The Bertz CT molecular complexity index is 753. The maximum atomic E-state index is 14.0. The van der Waals surface area contributed by atoms with Crippen molar-refractivity contribution in [1.82, 2.24) is 5.32 Å². The summed E-state index contributed by atoms with van der Waals surface area (Å²) in [5, 5.41) is 3.82. The zero-order valence-electron chi connectivity index (χ0n) is 17.2. The van der Waals surface area contributed by atoms with Gasteiger partial charge in [-0.25, -0.2) is 4.39 Å². The largest absolute Gasteiger partial charge is 0.493 e. The fourth-order valence-electron chi connectivity index (χ4n) is 3.09. The van der Waals surface area contributed by atoms with E-state index in [2.05, 4.69) is 28.2 Å². The molecule has 3 nitrogen and oxygen atoms in total. The zero-order chi connectivity index (χ0) is 21.1. The van der Waals surface area contributed by atoms with Crippen LogP contribution in [0.5, 0.6) is 11.5 Å². The molecule has 0 aromatic heterocycles. The number of unbranched alkanes of at least 4 members (excludes halogenated alkanes) is 5. The van der Waals surface area contributed by atoms with Crippen molar-refractivity contribution in [3.8, 4) is 11.5 Å². The molecule has 1 N–H and O–H groups in total. The maximum absolute atomic E-state index is 14.0. The second-order valence-electron chi connectivity index (χ2n) is 7.04. The van der Waals surface area contributed by atoms with Gasteiger partial charge >= 0.3 is 0 Å². The van der Waals surface area contributed by atoms with Gasteiger partial charge in [0.15, 0.2) is 11.5 Å². The van der Waals surface area contributed by atoms with Gasteiger partial charge in [-0.15, -0.1) is 0 Å². The van der Waals surface area contributed by atoms with Gasteiger partial charge in [0.05, 0.1) is 16.6 Å². The first-order valence-corrected chi connectivity index (χ1v) is 11.4. The Morgan fingerprint density at radius 3 is 2.59 bits per heavy atom.